The zero-order chi connectivity index (χ0) is 22.9. The summed E-state index contributed by atoms with van der Waals surface area (Å²) in [5.74, 6) is 0.319. The minimum absolute atomic E-state index is 0.107. The number of fused-ring (bicyclic) bond motifs is 1. The maximum atomic E-state index is 13.2. The van der Waals surface area contributed by atoms with Gasteiger partial charge in [0.15, 0.2) is 11.5 Å². The SMILES string of the molecule is CC(N)COc1ccc(NC(=O)Nc2ccc3c(c2)OC(F)(F)O3)cc1-c1ccnn1C. The molecule has 32 heavy (non-hydrogen) atoms. The maximum absolute atomic E-state index is 13.2. The van der Waals surface area contributed by atoms with Crippen molar-refractivity contribution in [3.05, 3.63) is 48.7 Å². The Labute approximate surface area is 182 Å². The molecule has 9 nitrogen and oxygen atoms in total. The number of anilines is 2. The third kappa shape index (κ3) is 4.72. The lowest BCUT2D eigenvalue weighted by Gasteiger charge is -2.15. The molecule has 1 aliphatic rings. The minimum Gasteiger partial charge on any atom is -0.491 e. The Kier molecular flexibility index (Phi) is 5.57. The van der Waals surface area contributed by atoms with Gasteiger partial charge in [0.05, 0.1) is 5.69 Å². The molecular weight excluding hydrogens is 424 g/mol. The Balaban J connectivity index is 1.50. The molecule has 1 aromatic heterocycles. The molecule has 2 aromatic carbocycles. The molecule has 1 unspecified atom stereocenters. The molecule has 0 radical (unpaired) electrons. The van der Waals surface area contributed by atoms with Gasteiger partial charge in [-0.2, -0.15) is 5.10 Å². The number of aromatic nitrogens is 2. The van der Waals surface area contributed by atoms with E-state index in [0.29, 0.717) is 23.6 Å². The van der Waals surface area contributed by atoms with Gasteiger partial charge in [0.1, 0.15) is 12.4 Å². The number of nitrogens with one attached hydrogen (secondary N) is 2. The number of hydrogen-bond acceptors (Lipinski definition) is 6. The van der Waals surface area contributed by atoms with Crippen LogP contribution >= 0.6 is 0 Å². The lowest BCUT2D eigenvalue weighted by atomic mass is 10.1. The molecule has 4 rings (SSSR count). The van der Waals surface area contributed by atoms with E-state index in [9.17, 15) is 13.6 Å². The molecule has 0 bridgehead atoms. The first-order valence-electron chi connectivity index (χ1n) is 9.69. The molecule has 0 aliphatic carbocycles. The van der Waals surface area contributed by atoms with Gasteiger partial charge in [0.2, 0.25) is 0 Å². The van der Waals surface area contributed by atoms with Crippen LogP contribution < -0.4 is 30.6 Å². The summed E-state index contributed by atoms with van der Waals surface area (Å²) in [4.78, 5) is 12.5. The second kappa shape index (κ2) is 8.35. The number of carbonyl (C=O) groups excluding carboxylic acids is 1. The van der Waals surface area contributed by atoms with Crippen molar-refractivity contribution < 1.29 is 27.8 Å². The second-order valence-electron chi connectivity index (χ2n) is 7.25. The van der Waals surface area contributed by atoms with Crippen LogP contribution in [0.2, 0.25) is 0 Å². The average Bonchev–Trinajstić information content (AvgIpc) is 3.27. The van der Waals surface area contributed by atoms with Gasteiger partial charge in [-0.05, 0) is 43.3 Å². The van der Waals surface area contributed by atoms with E-state index in [0.717, 1.165) is 5.69 Å². The van der Waals surface area contributed by atoms with Gasteiger partial charge in [0, 0.05) is 42.3 Å². The Morgan fingerprint density at radius 3 is 2.53 bits per heavy atom. The van der Waals surface area contributed by atoms with E-state index in [4.69, 9.17) is 10.5 Å². The van der Waals surface area contributed by atoms with Crippen LogP contribution in [0, 0.1) is 0 Å². The number of alkyl halides is 2. The smallest absolute Gasteiger partial charge is 0.491 e. The summed E-state index contributed by atoms with van der Waals surface area (Å²) in [7, 11) is 1.79. The second-order valence-corrected chi connectivity index (χ2v) is 7.25. The van der Waals surface area contributed by atoms with Gasteiger partial charge in [-0.3, -0.25) is 4.68 Å². The Morgan fingerprint density at radius 1 is 1.16 bits per heavy atom. The Hall–Kier alpha value is -3.86. The molecule has 168 valence electrons. The fraction of sp³-hybridized carbons (Fsp3) is 0.238. The van der Waals surface area contributed by atoms with Crippen LogP contribution in [0.15, 0.2) is 48.7 Å². The van der Waals surface area contributed by atoms with E-state index in [-0.39, 0.29) is 23.2 Å². The normalized spacial score (nSPS) is 14.7. The van der Waals surface area contributed by atoms with Crippen molar-refractivity contribution >= 4 is 17.4 Å². The zero-order valence-electron chi connectivity index (χ0n) is 17.3. The number of nitrogens with two attached hydrogens (primary N) is 1. The number of benzene rings is 2. The summed E-state index contributed by atoms with van der Waals surface area (Å²) in [6.45, 7) is 2.16. The van der Waals surface area contributed by atoms with E-state index in [1.54, 1.807) is 36.1 Å². The van der Waals surface area contributed by atoms with Crippen molar-refractivity contribution in [2.24, 2.45) is 12.8 Å². The Morgan fingerprint density at radius 2 is 1.84 bits per heavy atom. The van der Waals surface area contributed by atoms with Crippen LogP contribution in [0.4, 0.5) is 25.0 Å². The van der Waals surface area contributed by atoms with Crippen LogP contribution in [-0.4, -0.2) is 34.8 Å². The van der Waals surface area contributed by atoms with Crippen molar-refractivity contribution in [3.63, 3.8) is 0 Å². The number of ether oxygens (including phenoxy) is 3. The molecule has 11 heteroatoms. The van der Waals surface area contributed by atoms with E-state index in [1.807, 2.05) is 13.0 Å². The monoisotopic (exact) mass is 445 g/mol. The third-order valence-electron chi connectivity index (χ3n) is 4.50. The zero-order valence-corrected chi connectivity index (χ0v) is 17.3. The topological polar surface area (TPSA) is 113 Å². The van der Waals surface area contributed by atoms with Crippen LogP contribution in [0.1, 0.15) is 6.92 Å². The lowest BCUT2D eigenvalue weighted by molar-refractivity contribution is -0.286. The van der Waals surface area contributed by atoms with Gasteiger partial charge in [-0.15, -0.1) is 8.78 Å². The van der Waals surface area contributed by atoms with E-state index in [2.05, 4.69) is 25.2 Å². The molecular formula is C21H21F2N5O4. The number of rotatable bonds is 6. The van der Waals surface area contributed by atoms with Crippen LogP contribution in [-0.2, 0) is 7.05 Å². The number of halogens is 2. The Bertz CT molecular complexity index is 1150. The van der Waals surface area contributed by atoms with Gasteiger partial charge in [0.25, 0.3) is 0 Å². The number of urea groups is 1. The summed E-state index contributed by atoms with van der Waals surface area (Å²) < 4.78 is 42.6. The van der Waals surface area contributed by atoms with Crippen molar-refractivity contribution in [1.82, 2.24) is 9.78 Å². The molecule has 2 heterocycles. The highest BCUT2D eigenvalue weighted by Crippen LogP contribution is 2.42. The highest BCUT2D eigenvalue weighted by molar-refractivity contribution is 6.00. The number of amides is 2. The summed E-state index contributed by atoms with van der Waals surface area (Å²) in [5.41, 5.74) is 8.03. The molecule has 3 aromatic rings. The molecule has 0 saturated carbocycles. The average molecular weight is 445 g/mol. The van der Waals surface area contributed by atoms with Crippen molar-refractivity contribution in [3.8, 4) is 28.5 Å². The van der Waals surface area contributed by atoms with E-state index >= 15 is 0 Å². The lowest BCUT2D eigenvalue weighted by Crippen LogP contribution is -2.25. The molecule has 0 spiro atoms. The maximum Gasteiger partial charge on any atom is 0.586 e. The van der Waals surface area contributed by atoms with Crippen molar-refractivity contribution in [1.29, 1.82) is 0 Å². The molecule has 1 atom stereocenters. The fourth-order valence-corrected chi connectivity index (χ4v) is 3.11. The predicted molar refractivity (Wildman–Crippen MR) is 113 cm³/mol. The summed E-state index contributed by atoms with van der Waals surface area (Å²) in [5, 5.41) is 9.46. The summed E-state index contributed by atoms with van der Waals surface area (Å²) in [6.07, 6.45) is -2.07. The number of aryl methyl sites for hydroxylation is 1. The highest BCUT2D eigenvalue weighted by Gasteiger charge is 2.43. The summed E-state index contributed by atoms with van der Waals surface area (Å²) >= 11 is 0. The first-order chi connectivity index (χ1) is 15.2. The predicted octanol–water partition coefficient (Wildman–Crippen LogP) is 3.78. The number of nitrogens with zero attached hydrogens (tertiary/aromatic N) is 2. The van der Waals surface area contributed by atoms with Crippen LogP contribution in [0.3, 0.4) is 0 Å². The van der Waals surface area contributed by atoms with E-state index in [1.165, 1.54) is 18.2 Å². The fourth-order valence-electron chi connectivity index (χ4n) is 3.11. The number of carbonyl (C=O) groups is 1. The molecule has 0 fully saturated rings. The summed E-state index contributed by atoms with van der Waals surface area (Å²) in [6, 6.07) is 10.2. The number of hydrogen-bond donors (Lipinski definition) is 3. The highest BCUT2D eigenvalue weighted by atomic mass is 19.3. The third-order valence-corrected chi connectivity index (χ3v) is 4.50. The first kappa shape index (κ1) is 21.4. The largest absolute Gasteiger partial charge is 0.586 e. The molecule has 1 aliphatic heterocycles. The van der Waals surface area contributed by atoms with Crippen LogP contribution in [0.25, 0.3) is 11.3 Å². The van der Waals surface area contributed by atoms with Crippen LogP contribution in [0.5, 0.6) is 17.2 Å². The van der Waals surface area contributed by atoms with Gasteiger partial charge in [-0.25, -0.2) is 4.79 Å². The van der Waals surface area contributed by atoms with Gasteiger partial charge in [-0.1, -0.05) is 0 Å². The van der Waals surface area contributed by atoms with Crippen molar-refractivity contribution in [2.45, 2.75) is 19.3 Å². The molecule has 2 amide bonds. The standard InChI is InChI=1S/C21H21F2N5O4/c1-12(24)11-30-17-5-3-13(9-15(17)16-7-8-25-28(16)2)26-20(29)27-14-4-6-18-19(10-14)32-21(22,23)31-18/h3-10,12H,11,24H2,1-2H3,(H2,26,27,29). The molecule has 0 saturated heterocycles. The van der Waals surface area contributed by atoms with Crippen molar-refractivity contribution in [2.75, 3.05) is 17.2 Å². The van der Waals surface area contributed by atoms with E-state index < -0.39 is 12.3 Å². The van der Waals surface area contributed by atoms with Gasteiger partial charge >= 0.3 is 12.3 Å². The molecule has 4 N–H and O–H groups in total. The minimum atomic E-state index is -3.73. The quantitative estimate of drug-likeness (QED) is 0.532. The van der Waals surface area contributed by atoms with Gasteiger partial charge < -0.3 is 30.6 Å². The first-order valence-corrected chi connectivity index (χ1v) is 9.69.